The molecule has 7 heteroatoms. The zero-order valence-corrected chi connectivity index (χ0v) is 30.3. The van der Waals surface area contributed by atoms with E-state index in [1.54, 1.807) is 18.2 Å². The van der Waals surface area contributed by atoms with Gasteiger partial charge in [0.25, 0.3) is 0 Å². The molecule has 0 spiro atoms. The van der Waals surface area contributed by atoms with Gasteiger partial charge in [-0.15, -0.1) is 0 Å². The third-order valence-electron chi connectivity index (χ3n) is 11.1. The molecule has 3 aromatic rings. The number of phenolic OH excluding ortho intramolecular Hbond substituents is 2. The first-order chi connectivity index (χ1) is 23.9. The SMILES string of the molecule is CCCCCCCc1c(O)cc(CC=C(C)C)c2oc(=O)c(C(=O)[C@]34C(=O)Oc5c(CC=C(C)C)cc(O)c6c5[C@H]3[C@@H](C=C[C@@H]4C)CC6)cc12. The van der Waals surface area contributed by atoms with Crippen molar-refractivity contribution in [1.29, 1.82) is 0 Å². The number of phenols is 2. The molecule has 3 aliphatic rings. The number of allylic oxidation sites excluding steroid dienone is 6. The first kappa shape index (κ1) is 35.4. The Morgan fingerprint density at radius 1 is 0.920 bits per heavy atom. The maximum absolute atomic E-state index is 15.2. The molecule has 0 fully saturated rings. The fourth-order valence-electron chi connectivity index (χ4n) is 8.49. The van der Waals surface area contributed by atoms with Gasteiger partial charge in [0.05, 0.1) is 0 Å². The number of esters is 1. The van der Waals surface area contributed by atoms with E-state index in [0.29, 0.717) is 76.6 Å². The molecule has 4 atom stereocenters. The molecule has 6 rings (SSSR count). The van der Waals surface area contributed by atoms with Crippen molar-refractivity contribution in [2.24, 2.45) is 17.3 Å². The van der Waals surface area contributed by atoms with Gasteiger partial charge in [-0.2, -0.15) is 0 Å². The Kier molecular flexibility index (Phi) is 9.98. The Balaban J connectivity index is 1.54. The topological polar surface area (TPSA) is 114 Å². The summed E-state index contributed by atoms with van der Waals surface area (Å²) in [4.78, 5) is 43.8. The van der Waals surface area contributed by atoms with Gasteiger partial charge in [0.2, 0.25) is 0 Å². The van der Waals surface area contributed by atoms with E-state index >= 15 is 4.79 Å². The molecule has 0 unspecified atom stereocenters. The van der Waals surface area contributed by atoms with Crippen LogP contribution in [-0.4, -0.2) is 22.0 Å². The third kappa shape index (κ3) is 6.03. The number of carbonyl (C=O) groups is 2. The molecule has 7 nitrogen and oxygen atoms in total. The average Bonchev–Trinajstić information content (AvgIpc) is 3.07. The van der Waals surface area contributed by atoms with E-state index in [1.807, 2.05) is 52.8 Å². The van der Waals surface area contributed by atoms with E-state index in [9.17, 15) is 19.8 Å². The van der Waals surface area contributed by atoms with Crippen molar-refractivity contribution in [3.05, 3.63) is 97.5 Å². The number of hydrogen-bond acceptors (Lipinski definition) is 7. The second-order valence-corrected chi connectivity index (χ2v) is 15.1. The summed E-state index contributed by atoms with van der Waals surface area (Å²) in [7, 11) is 0. The Bertz CT molecular complexity index is 2000. The molecular formula is C43H50O7. The number of carbonyl (C=O) groups excluding carboxylic acids is 2. The summed E-state index contributed by atoms with van der Waals surface area (Å²) in [5.41, 5.74) is 3.10. The molecule has 2 heterocycles. The molecule has 50 heavy (non-hydrogen) atoms. The third-order valence-corrected chi connectivity index (χ3v) is 11.1. The highest BCUT2D eigenvalue weighted by atomic mass is 16.5. The number of aromatic hydroxyl groups is 2. The van der Waals surface area contributed by atoms with Gasteiger partial charge < -0.3 is 19.4 Å². The standard InChI is InChI=1S/C43H50O7/c1-7-8-9-10-11-12-30-32-23-33(41(47)49-38(32)28(21-34(30)44)16-13-24(2)3)40(46)43-26(6)15-18-27-19-20-31-35(45)22-29(17-14-25(4)5)39(50-42(43)48)36(31)37(27)43/h13-15,18,21-23,26-27,37,44-45H,7-12,16-17,19-20H2,1-6H3/t26-,27-,37+,43+/m0/s1. The predicted octanol–water partition coefficient (Wildman–Crippen LogP) is 9.37. The maximum Gasteiger partial charge on any atom is 0.347 e. The molecule has 0 saturated heterocycles. The normalized spacial score (nSPS) is 21.8. The largest absolute Gasteiger partial charge is 0.508 e. The zero-order valence-electron chi connectivity index (χ0n) is 30.3. The van der Waals surface area contributed by atoms with E-state index in [-0.39, 0.29) is 23.0 Å². The number of ether oxygens (including phenoxy) is 1. The summed E-state index contributed by atoms with van der Waals surface area (Å²) >= 11 is 0. The van der Waals surface area contributed by atoms with Gasteiger partial charge in [-0.05, 0) is 96.3 Å². The lowest BCUT2D eigenvalue weighted by Crippen LogP contribution is -2.58. The molecule has 0 bridgehead atoms. The van der Waals surface area contributed by atoms with E-state index in [1.165, 1.54) is 0 Å². The van der Waals surface area contributed by atoms with Crippen LogP contribution in [0.4, 0.5) is 0 Å². The summed E-state index contributed by atoms with van der Waals surface area (Å²) in [5.74, 6) is -2.06. The van der Waals surface area contributed by atoms with E-state index < -0.39 is 34.6 Å². The first-order valence-electron chi connectivity index (χ1n) is 18.3. The van der Waals surface area contributed by atoms with Gasteiger partial charge in [0, 0.05) is 39.1 Å². The number of rotatable bonds is 12. The smallest absolute Gasteiger partial charge is 0.347 e. The number of aryl methyl sites for hydroxylation is 1. The number of unbranched alkanes of at least 4 members (excludes halogenated alkanes) is 4. The van der Waals surface area contributed by atoms with Crippen molar-refractivity contribution in [2.45, 2.75) is 112 Å². The fourth-order valence-corrected chi connectivity index (χ4v) is 8.49. The number of fused-ring (bicyclic) bond motifs is 1. The lowest BCUT2D eigenvalue weighted by Gasteiger charge is -2.51. The van der Waals surface area contributed by atoms with Crippen LogP contribution >= 0.6 is 0 Å². The molecular weight excluding hydrogens is 628 g/mol. The van der Waals surface area contributed by atoms with Crippen molar-refractivity contribution in [1.82, 2.24) is 0 Å². The molecule has 2 aliphatic carbocycles. The highest BCUT2D eigenvalue weighted by Crippen LogP contribution is 2.62. The van der Waals surface area contributed by atoms with Gasteiger partial charge in [-0.1, -0.05) is 75.0 Å². The van der Waals surface area contributed by atoms with Crippen LogP contribution in [0.3, 0.4) is 0 Å². The summed E-state index contributed by atoms with van der Waals surface area (Å²) in [6.07, 6.45) is 15.8. The molecule has 2 aromatic carbocycles. The van der Waals surface area contributed by atoms with Gasteiger partial charge in [0.1, 0.15) is 33.8 Å². The van der Waals surface area contributed by atoms with Crippen LogP contribution in [0.2, 0.25) is 0 Å². The van der Waals surface area contributed by atoms with Gasteiger partial charge in [-0.25, -0.2) is 4.79 Å². The summed E-state index contributed by atoms with van der Waals surface area (Å²) < 4.78 is 12.3. The van der Waals surface area contributed by atoms with Crippen LogP contribution in [0.5, 0.6) is 17.2 Å². The van der Waals surface area contributed by atoms with Crippen molar-refractivity contribution in [3.63, 3.8) is 0 Å². The molecule has 0 saturated carbocycles. The molecule has 0 radical (unpaired) electrons. The van der Waals surface area contributed by atoms with Gasteiger partial charge in [0.15, 0.2) is 5.78 Å². The lowest BCUT2D eigenvalue weighted by atomic mass is 9.51. The van der Waals surface area contributed by atoms with Crippen LogP contribution in [0.15, 0.2) is 62.9 Å². The van der Waals surface area contributed by atoms with Gasteiger partial charge in [-0.3, -0.25) is 9.59 Å². The molecule has 0 amide bonds. The first-order valence-corrected chi connectivity index (χ1v) is 18.3. The summed E-state index contributed by atoms with van der Waals surface area (Å²) in [6.45, 7) is 11.9. The highest BCUT2D eigenvalue weighted by Gasteiger charge is 2.65. The number of ketones is 1. The van der Waals surface area contributed by atoms with Crippen molar-refractivity contribution >= 4 is 22.7 Å². The number of Topliss-reactive ketones (excluding diaryl/α,β-unsaturated/α-hetero) is 1. The average molecular weight is 679 g/mol. The van der Waals surface area contributed by atoms with Crippen LogP contribution in [0.1, 0.15) is 124 Å². The maximum atomic E-state index is 15.2. The van der Waals surface area contributed by atoms with Crippen LogP contribution in [0.25, 0.3) is 11.0 Å². The van der Waals surface area contributed by atoms with Crippen LogP contribution < -0.4 is 10.4 Å². The van der Waals surface area contributed by atoms with E-state index in [4.69, 9.17) is 9.15 Å². The molecule has 2 N–H and O–H groups in total. The lowest BCUT2D eigenvalue weighted by molar-refractivity contribution is -0.149. The second-order valence-electron chi connectivity index (χ2n) is 15.1. The Morgan fingerprint density at radius 3 is 2.30 bits per heavy atom. The number of hydrogen-bond donors (Lipinski definition) is 2. The monoisotopic (exact) mass is 678 g/mol. The minimum absolute atomic E-state index is 0.104. The Morgan fingerprint density at radius 2 is 1.60 bits per heavy atom. The van der Waals surface area contributed by atoms with Crippen LogP contribution in [0, 0.1) is 17.3 Å². The molecule has 264 valence electrons. The highest BCUT2D eigenvalue weighted by molar-refractivity contribution is 6.16. The number of benzene rings is 2. The van der Waals surface area contributed by atoms with Crippen molar-refractivity contribution < 1.29 is 29.0 Å². The summed E-state index contributed by atoms with van der Waals surface area (Å²) in [5, 5.41) is 23.2. The van der Waals surface area contributed by atoms with E-state index in [2.05, 4.69) is 13.0 Å². The second kappa shape index (κ2) is 14.1. The Hall–Kier alpha value is -4.39. The minimum atomic E-state index is -1.74. The fraction of sp³-hybridized carbons (Fsp3) is 0.465. The van der Waals surface area contributed by atoms with Gasteiger partial charge >= 0.3 is 11.6 Å². The minimum Gasteiger partial charge on any atom is -0.508 e. The van der Waals surface area contributed by atoms with Crippen molar-refractivity contribution in [3.8, 4) is 17.2 Å². The molecule has 1 aliphatic heterocycles. The van der Waals surface area contributed by atoms with E-state index in [0.717, 1.165) is 43.3 Å². The quantitative estimate of drug-likeness (QED) is 0.0373. The van der Waals surface area contributed by atoms with Crippen molar-refractivity contribution in [2.75, 3.05) is 0 Å². The predicted molar refractivity (Wildman–Crippen MR) is 196 cm³/mol. The van der Waals surface area contributed by atoms with Crippen LogP contribution in [-0.2, 0) is 30.5 Å². The Labute approximate surface area is 294 Å². The molecule has 1 aromatic heterocycles. The zero-order chi connectivity index (χ0) is 35.9. The summed E-state index contributed by atoms with van der Waals surface area (Å²) in [6, 6.07) is 4.91.